The molecule has 0 aliphatic heterocycles. The molecule has 7 heteroatoms. The minimum absolute atomic E-state index is 0.0522. The molecule has 1 saturated carbocycles. The summed E-state index contributed by atoms with van der Waals surface area (Å²) in [6, 6.07) is 1.45. The highest BCUT2D eigenvalue weighted by atomic mass is 32.2. The van der Waals surface area contributed by atoms with Crippen LogP contribution in [-0.4, -0.2) is 30.8 Å². The monoisotopic (exact) mass is 272 g/mol. The van der Waals surface area contributed by atoms with Crippen molar-refractivity contribution < 1.29 is 8.42 Å². The first-order chi connectivity index (χ1) is 8.54. The van der Waals surface area contributed by atoms with Crippen molar-refractivity contribution in [3.63, 3.8) is 0 Å². The molecule has 18 heavy (non-hydrogen) atoms. The fraction of sp³-hybridized carbons (Fsp3) is 0.727. The van der Waals surface area contributed by atoms with Crippen molar-refractivity contribution in [2.75, 3.05) is 6.54 Å². The zero-order valence-electron chi connectivity index (χ0n) is 10.5. The number of aryl methyl sites for hydroxylation is 1. The van der Waals surface area contributed by atoms with E-state index in [-0.39, 0.29) is 17.0 Å². The van der Waals surface area contributed by atoms with Crippen LogP contribution in [0.2, 0.25) is 0 Å². The number of rotatable bonds is 4. The number of nitrogens with two attached hydrogens (primary N) is 1. The van der Waals surface area contributed by atoms with Gasteiger partial charge in [0, 0.05) is 13.1 Å². The van der Waals surface area contributed by atoms with Gasteiger partial charge in [-0.05, 0) is 31.4 Å². The topological polar surface area (TPSA) is 90.0 Å². The van der Waals surface area contributed by atoms with Gasteiger partial charge in [-0.1, -0.05) is 12.8 Å². The van der Waals surface area contributed by atoms with Gasteiger partial charge in [-0.2, -0.15) is 5.10 Å². The van der Waals surface area contributed by atoms with Crippen molar-refractivity contribution in [2.24, 2.45) is 18.7 Å². The van der Waals surface area contributed by atoms with Crippen LogP contribution in [0, 0.1) is 5.92 Å². The van der Waals surface area contributed by atoms with Crippen LogP contribution in [0.5, 0.6) is 0 Å². The second kappa shape index (κ2) is 5.38. The summed E-state index contributed by atoms with van der Waals surface area (Å²) in [4.78, 5) is 0. The maximum atomic E-state index is 12.2. The van der Waals surface area contributed by atoms with Gasteiger partial charge in [-0.3, -0.25) is 4.68 Å². The molecular weight excluding hydrogens is 252 g/mol. The van der Waals surface area contributed by atoms with Crippen LogP contribution < -0.4 is 10.5 Å². The van der Waals surface area contributed by atoms with Crippen molar-refractivity contribution in [1.29, 1.82) is 0 Å². The Hall–Kier alpha value is -0.920. The zero-order valence-corrected chi connectivity index (χ0v) is 11.4. The molecule has 0 amide bonds. The number of hydrogen-bond acceptors (Lipinski definition) is 4. The largest absolute Gasteiger partial charge is 0.330 e. The molecule has 1 aromatic rings. The van der Waals surface area contributed by atoms with Gasteiger partial charge in [0.05, 0.1) is 6.20 Å². The first-order valence-corrected chi connectivity index (χ1v) is 7.73. The second-order valence-corrected chi connectivity index (χ2v) is 6.46. The van der Waals surface area contributed by atoms with Crippen LogP contribution >= 0.6 is 0 Å². The van der Waals surface area contributed by atoms with Gasteiger partial charge in [0.15, 0.2) is 5.03 Å². The highest BCUT2D eigenvalue weighted by Gasteiger charge is 2.29. The molecule has 2 rings (SSSR count). The molecule has 1 aliphatic rings. The molecule has 1 heterocycles. The Kier molecular flexibility index (Phi) is 4.04. The summed E-state index contributed by atoms with van der Waals surface area (Å²) < 4.78 is 28.6. The van der Waals surface area contributed by atoms with Crippen LogP contribution in [0.3, 0.4) is 0 Å². The van der Waals surface area contributed by atoms with Gasteiger partial charge < -0.3 is 5.73 Å². The van der Waals surface area contributed by atoms with Crippen molar-refractivity contribution in [2.45, 2.75) is 36.8 Å². The van der Waals surface area contributed by atoms with Crippen molar-refractivity contribution in [3.05, 3.63) is 12.3 Å². The van der Waals surface area contributed by atoms with Crippen molar-refractivity contribution >= 4 is 10.0 Å². The predicted octanol–water partition coefficient (Wildman–Crippen LogP) is 0.216. The number of aromatic nitrogens is 2. The van der Waals surface area contributed by atoms with E-state index in [2.05, 4.69) is 9.82 Å². The summed E-state index contributed by atoms with van der Waals surface area (Å²) in [5.41, 5.74) is 5.71. The molecule has 0 bridgehead atoms. The zero-order chi connectivity index (χ0) is 13.2. The van der Waals surface area contributed by atoms with Gasteiger partial charge in [-0.25, -0.2) is 13.1 Å². The maximum absolute atomic E-state index is 12.2. The van der Waals surface area contributed by atoms with Crippen molar-refractivity contribution in [3.8, 4) is 0 Å². The Bertz CT molecular complexity index is 497. The fourth-order valence-electron chi connectivity index (χ4n) is 2.53. The number of nitrogens with one attached hydrogen (secondary N) is 1. The molecule has 0 aromatic carbocycles. The average Bonchev–Trinajstić information content (AvgIpc) is 2.76. The molecule has 1 aromatic heterocycles. The van der Waals surface area contributed by atoms with Crippen LogP contribution in [0.1, 0.15) is 25.7 Å². The maximum Gasteiger partial charge on any atom is 0.257 e. The first-order valence-electron chi connectivity index (χ1n) is 6.25. The van der Waals surface area contributed by atoms with Crippen molar-refractivity contribution in [1.82, 2.24) is 14.5 Å². The third-order valence-electron chi connectivity index (χ3n) is 3.57. The Labute approximate surface area is 108 Å². The number of sulfonamides is 1. The summed E-state index contributed by atoms with van der Waals surface area (Å²) in [5.74, 6) is 0.238. The van der Waals surface area contributed by atoms with E-state index in [0.29, 0.717) is 6.54 Å². The quantitative estimate of drug-likeness (QED) is 0.820. The molecule has 1 aliphatic carbocycles. The SMILES string of the molecule is Cn1nccc1S(=O)(=O)NC1CCCCC1CN. The molecule has 3 N–H and O–H groups in total. The lowest BCUT2D eigenvalue weighted by Crippen LogP contribution is -2.45. The number of hydrogen-bond donors (Lipinski definition) is 2. The highest BCUT2D eigenvalue weighted by Crippen LogP contribution is 2.24. The molecule has 0 spiro atoms. The summed E-state index contributed by atoms with van der Waals surface area (Å²) in [7, 11) is -1.87. The molecule has 2 unspecified atom stereocenters. The minimum atomic E-state index is -3.50. The minimum Gasteiger partial charge on any atom is -0.330 e. The Balaban J connectivity index is 2.15. The average molecular weight is 272 g/mol. The van der Waals surface area contributed by atoms with Gasteiger partial charge >= 0.3 is 0 Å². The molecule has 2 atom stereocenters. The summed E-state index contributed by atoms with van der Waals surface area (Å²) in [6.07, 6.45) is 5.52. The molecule has 102 valence electrons. The predicted molar refractivity (Wildman–Crippen MR) is 68.3 cm³/mol. The van der Waals surface area contributed by atoms with Crippen LogP contribution in [0.25, 0.3) is 0 Å². The van der Waals surface area contributed by atoms with Crippen LogP contribution in [-0.2, 0) is 17.1 Å². The van der Waals surface area contributed by atoms with Gasteiger partial charge in [0.25, 0.3) is 10.0 Å². The van der Waals surface area contributed by atoms with Gasteiger partial charge in [-0.15, -0.1) is 0 Å². The summed E-state index contributed by atoms with van der Waals surface area (Å²) in [6.45, 7) is 0.526. The van der Waals surface area contributed by atoms with E-state index in [0.717, 1.165) is 25.7 Å². The van der Waals surface area contributed by atoms with Crippen LogP contribution in [0.15, 0.2) is 17.3 Å². The molecule has 0 radical (unpaired) electrons. The standard InChI is InChI=1S/C11H20N4O2S/c1-15-11(6-7-13-15)18(16,17)14-10-5-3-2-4-9(10)8-12/h6-7,9-10,14H,2-5,8,12H2,1H3. The lowest BCUT2D eigenvalue weighted by Gasteiger charge is -2.30. The lowest BCUT2D eigenvalue weighted by molar-refractivity contribution is 0.295. The summed E-state index contributed by atoms with van der Waals surface area (Å²) >= 11 is 0. The van der Waals surface area contributed by atoms with Gasteiger partial charge in [0.1, 0.15) is 0 Å². The normalized spacial score (nSPS) is 25.2. The van der Waals surface area contributed by atoms with Crippen LogP contribution in [0.4, 0.5) is 0 Å². The lowest BCUT2D eigenvalue weighted by atomic mass is 9.85. The summed E-state index contributed by atoms with van der Waals surface area (Å²) in [5, 5.41) is 4.09. The van der Waals surface area contributed by atoms with E-state index in [1.165, 1.54) is 16.9 Å². The second-order valence-electron chi connectivity index (χ2n) is 4.80. The van der Waals surface area contributed by atoms with E-state index in [1.54, 1.807) is 7.05 Å². The van der Waals surface area contributed by atoms with E-state index in [9.17, 15) is 8.42 Å². The van der Waals surface area contributed by atoms with Gasteiger partial charge in [0.2, 0.25) is 0 Å². The third-order valence-corrected chi connectivity index (χ3v) is 5.13. The Morgan fingerprint density at radius 3 is 2.83 bits per heavy atom. The molecule has 0 saturated heterocycles. The van der Waals surface area contributed by atoms with E-state index >= 15 is 0 Å². The third kappa shape index (κ3) is 2.73. The van der Waals surface area contributed by atoms with E-state index in [1.807, 2.05) is 0 Å². The number of nitrogens with zero attached hydrogens (tertiary/aromatic N) is 2. The van der Waals surface area contributed by atoms with E-state index < -0.39 is 10.0 Å². The molecule has 1 fully saturated rings. The smallest absolute Gasteiger partial charge is 0.257 e. The Morgan fingerprint density at radius 2 is 2.22 bits per heavy atom. The fourth-order valence-corrected chi connectivity index (χ4v) is 3.99. The van der Waals surface area contributed by atoms with E-state index in [4.69, 9.17) is 5.73 Å². The first kappa shape index (κ1) is 13.5. The molecule has 6 nitrogen and oxygen atoms in total. The highest BCUT2D eigenvalue weighted by molar-refractivity contribution is 7.89. The Morgan fingerprint density at radius 1 is 1.50 bits per heavy atom. The molecular formula is C11H20N4O2S.